The highest BCUT2D eigenvalue weighted by atomic mass is 35.5. The Bertz CT molecular complexity index is 739. The second kappa shape index (κ2) is 5.83. The maximum atomic E-state index is 11.4. The Labute approximate surface area is 129 Å². The number of rotatable bonds is 4. The van der Waals surface area contributed by atoms with Crippen LogP contribution in [0.1, 0.15) is 12.2 Å². The monoisotopic (exact) mass is 325 g/mol. The fourth-order valence-corrected chi connectivity index (χ4v) is 4.37. The van der Waals surface area contributed by atoms with E-state index in [0.717, 1.165) is 17.1 Å². The highest BCUT2D eigenvalue weighted by Crippen LogP contribution is 2.25. The first-order valence-corrected chi connectivity index (χ1v) is 9.00. The number of sulfone groups is 1. The molecule has 0 spiro atoms. The average molecular weight is 326 g/mol. The van der Waals surface area contributed by atoms with Gasteiger partial charge in [0.05, 0.1) is 18.1 Å². The lowest BCUT2D eigenvalue weighted by atomic mass is 10.2. The first kappa shape index (κ1) is 14.6. The Hall–Kier alpha value is -1.30. The highest BCUT2D eigenvalue weighted by molar-refractivity contribution is 7.91. The second-order valence-electron chi connectivity index (χ2n) is 5.26. The summed E-state index contributed by atoms with van der Waals surface area (Å²) in [6.07, 6.45) is 0.671. The zero-order chi connectivity index (χ0) is 14.9. The maximum Gasteiger partial charge on any atom is 0.151 e. The smallest absolute Gasteiger partial charge is 0.151 e. The normalized spacial score (nSPS) is 20.7. The van der Waals surface area contributed by atoms with Gasteiger partial charge in [-0.2, -0.15) is 0 Å². The third-order valence-electron chi connectivity index (χ3n) is 3.57. The molecule has 0 saturated carbocycles. The number of halogens is 1. The topological polar surface area (TPSA) is 59.3 Å². The minimum absolute atomic E-state index is 0.0229. The SMILES string of the molecule is O=S1(=O)CC[C@@H](NCc2ccc(-c3cccc(Cl)c3)o2)C1. The summed E-state index contributed by atoms with van der Waals surface area (Å²) < 4.78 is 28.6. The molecule has 1 aliphatic heterocycles. The zero-order valence-electron chi connectivity index (χ0n) is 11.4. The third-order valence-corrected chi connectivity index (χ3v) is 5.57. The molecule has 2 heterocycles. The van der Waals surface area contributed by atoms with Gasteiger partial charge in [-0.25, -0.2) is 8.42 Å². The summed E-state index contributed by atoms with van der Waals surface area (Å²) in [6, 6.07) is 11.3. The predicted octanol–water partition coefficient (Wildman–Crippen LogP) is 2.88. The van der Waals surface area contributed by atoms with Gasteiger partial charge in [0.15, 0.2) is 9.84 Å². The summed E-state index contributed by atoms with van der Waals surface area (Å²) in [4.78, 5) is 0. The van der Waals surface area contributed by atoms with Gasteiger partial charge in [-0.15, -0.1) is 0 Å². The van der Waals surface area contributed by atoms with E-state index in [4.69, 9.17) is 16.0 Å². The van der Waals surface area contributed by atoms with Crippen LogP contribution in [0.15, 0.2) is 40.8 Å². The van der Waals surface area contributed by atoms with Crippen molar-refractivity contribution in [1.82, 2.24) is 5.32 Å². The van der Waals surface area contributed by atoms with Crippen LogP contribution in [0.2, 0.25) is 5.02 Å². The molecule has 6 heteroatoms. The number of nitrogens with one attached hydrogen (secondary N) is 1. The summed E-state index contributed by atoms with van der Waals surface area (Å²) >= 11 is 5.96. The Morgan fingerprint density at radius 2 is 2.14 bits per heavy atom. The van der Waals surface area contributed by atoms with Gasteiger partial charge in [0.1, 0.15) is 11.5 Å². The van der Waals surface area contributed by atoms with Gasteiger partial charge in [-0.3, -0.25) is 0 Å². The van der Waals surface area contributed by atoms with Gasteiger partial charge < -0.3 is 9.73 Å². The Kier molecular flexibility index (Phi) is 4.06. The Morgan fingerprint density at radius 3 is 2.86 bits per heavy atom. The van der Waals surface area contributed by atoms with Crippen LogP contribution in [0.25, 0.3) is 11.3 Å². The molecule has 2 aromatic rings. The molecule has 1 aliphatic rings. The molecule has 1 aromatic heterocycles. The van der Waals surface area contributed by atoms with Crippen LogP contribution in [0.3, 0.4) is 0 Å². The van der Waals surface area contributed by atoms with Crippen LogP contribution < -0.4 is 5.32 Å². The van der Waals surface area contributed by atoms with E-state index >= 15 is 0 Å². The molecule has 4 nitrogen and oxygen atoms in total. The summed E-state index contributed by atoms with van der Waals surface area (Å²) in [5, 5.41) is 3.90. The number of hydrogen-bond acceptors (Lipinski definition) is 4. The average Bonchev–Trinajstić information content (AvgIpc) is 3.03. The van der Waals surface area contributed by atoms with Crippen molar-refractivity contribution in [3.05, 3.63) is 47.2 Å². The van der Waals surface area contributed by atoms with Crippen molar-refractivity contribution >= 4 is 21.4 Å². The number of benzene rings is 1. The Balaban J connectivity index is 1.63. The number of furan rings is 1. The predicted molar refractivity (Wildman–Crippen MR) is 83.1 cm³/mol. The van der Waals surface area contributed by atoms with Crippen molar-refractivity contribution < 1.29 is 12.8 Å². The van der Waals surface area contributed by atoms with Crippen LogP contribution >= 0.6 is 11.6 Å². The van der Waals surface area contributed by atoms with E-state index in [1.54, 1.807) is 0 Å². The largest absolute Gasteiger partial charge is 0.460 e. The van der Waals surface area contributed by atoms with Gasteiger partial charge >= 0.3 is 0 Å². The quantitative estimate of drug-likeness (QED) is 0.939. The minimum atomic E-state index is -2.85. The van der Waals surface area contributed by atoms with Crippen LogP contribution in [0.5, 0.6) is 0 Å². The lowest BCUT2D eigenvalue weighted by Crippen LogP contribution is -2.29. The van der Waals surface area contributed by atoms with E-state index in [-0.39, 0.29) is 17.5 Å². The fourth-order valence-electron chi connectivity index (χ4n) is 2.47. The van der Waals surface area contributed by atoms with Gasteiger partial charge in [0.2, 0.25) is 0 Å². The molecule has 0 aliphatic carbocycles. The lowest BCUT2D eigenvalue weighted by Gasteiger charge is -2.08. The van der Waals surface area contributed by atoms with Gasteiger partial charge in [0.25, 0.3) is 0 Å². The molecule has 0 unspecified atom stereocenters. The van der Waals surface area contributed by atoms with E-state index in [1.165, 1.54) is 0 Å². The molecule has 1 aromatic carbocycles. The molecule has 0 bridgehead atoms. The van der Waals surface area contributed by atoms with E-state index in [9.17, 15) is 8.42 Å². The molecular weight excluding hydrogens is 310 g/mol. The highest BCUT2D eigenvalue weighted by Gasteiger charge is 2.27. The summed E-state index contributed by atoms with van der Waals surface area (Å²) in [7, 11) is -2.85. The van der Waals surface area contributed by atoms with Crippen molar-refractivity contribution in [3.63, 3.8) is 0 Å². The number of hydrogen-bond donors (Lipinski definition) is 1. The molecule has 112 valence electrons. The van der Waals surface area contributed by atoms with Crippen LogP contribution in [-0.4, -0.2) is 26.0 Å². The maximum absolute atomic E-state index is 11.4. The molecule has 1 atom stereocenters. The second-order valence-corrected chi connectivity index (χ2v) is 7.92. The van der Waals surface area contributed by atoms with Crippen molar-refractivity contribution in [2.24, 2.45) is 0 Å². The van der Waals surface area contributed by atoms with Gasteiger partial charge in [0, 0.05) is 16.6 Å². The summed E-state index contributed by atoms with van der Waals surface area (Å²) in [5.41, 5.74) is 0.928. The van der Waals surface area contributed by atoms with Crippen molar-refractivity contribution in [1.29, 1.82) is 0 Å². The fraction of sp³-hybridized carbons (Fsp3) is 0.333. The van der Waals surface area contributed by atoms with Gasteiger partial charge in [-0.1, -0.05) is 23.7 Å². The van der Waals surface area contributed by atoms with Crippen molar-refractivity contribution in [2.75, 3.05) is 11.5 Å². The molecule has 0 radical (unpaired) electrons. The molecule has 0 amide bonds. The lowest BCUT2D eigenvalue weighted by molar-refractivity contribution is 0.464. The molecule has 1 fully saturated rings. The molecule has 21 heavy (non-hydrogen) atoms. The summed E-state index contributed by atoms with van der Waals surface area (Å²) in [6.45, 7) is 0.529. The molecular formula is C15H16ClNO3S. The first-order valence-electron chi connectivity index (χ1n) is 6.80. The van der Waals surface area contributed by atoms with E-state index in [2.05, 4.69) is 5.32 Å². The van der Waals surface area contributed by atoms with Gasteiger partial charge in [-0.05, 0) is 30.7 Å². The zero-order valence-corrected chi connectivity index (χ0v) is 13.0. The molecule has 3 rings (SSSR count). The van der Waals surface area contributed by atoms with E-state index in [0.29, 0.717) is 18.0 Å². The van der Waals surface area contributed by atoms with E-state index in [1.807, 2.05) is 36.4 Å². The Morgan fingerprint density at radius 1 is 1.29 bits per heavy atom. The third kappa shape index (κ3) is 3.67. The minimum Gasteiger partial charge on any atom is -0.460 e. The van der Waals surface area contributed by atoms with Crippen LogP contribution in [0, 0.1) is 0 Å². The molecule has 1 N–H and O–H groups in total. The standard InChI is InChI=1S/C15H16ClNO3S/c16-12-3-1-2-11(8-12)15-5-4-14(20-15)9-17-13-6-7-21(18,19)10-13/h1-5,8,13,17H,6-7,9-10H2/t13-/m1/s1. The van der Waals surface area contributed by atoms with Crippen LogP contribution in [-0.2, 0) is 16.4 Å². The van der Waals surface area contributed by atoms with Crippen LogP contribution in [0.4, 0.5) is 0 Å². The van der Waals surface area contributed by atoms with Crippen molar-refractivity contribution in [2.45, 2.75) is 19.0 Å². The van der Waals surface area contributed by atoms with E-state index < -0.39 is 9.84 Å². The first-order chi connectivity index (χ1) is 10.0. The molecule has 1 saturated heterocycles. The van der Waals surface area contributed by atoms with Crippen molar-refractivity contribution in [3.8, 4) is 11.3 Å². The summed E-state index contributed by atoms with van der Waals surface area (Å²) in [5.74, 6) is 2.04.